The number of ketones is 1. The first kappa shape index (κ1) is 8.87. The van der Waals surface area contributed by atoms with E-state index in [0.29, 0.717) is 6.42 Å². The number of rotatable bonds is 2. The second kappa shape index (κ2) is 3.21. The largest absolute Gasteiger partial charge is 0.300 e. The van der Waals surface area contributed by atoms with Gasteiger partial charge in [-0.25, -0.2) is 9.97 Å². The summed E-state index contributed by atoms with van der Waals surface area (Å²) in [6.45, 7) is 3.48. The maximum atomic E-state index is 10.9. The highest BCUT2D eigenvalue weighted by molar-refractivity contribution is 5.77. The Labute approximate surface area is 81.6 Å². The second-order valence-electron chi connectivity index (χ2n) is 3.41. The lowest BCUT2D eigenvalue weighted by Gasteiger charge is -1.91. The van der Waals surface area contributed by atoms with Crippen LogP contribution >= 0.6 is 0 Å². The normalized spacial score (nSPS) is 10.7. The zero-order chi connectivity index (χ0) is 10.1. The molecule has 0 amide bonds. The molecule has 0 aliphatic rings. The number of fused-ring (bicyclic) bond motifs is 1. The number of hydrogen-bond acceptors (Lipinski definition) is 3. The first-order valence-electron chi connectivity index (χ1n) is 4.45. The molecule has 0 aliphatic heterocycles. The highest BCUT2D eigenvalue weighted by Gasteiger charge is 2.03. The minimum Gasteiger partial charge on any atom is -0.300 e. The molecule has 0 saturated heterocycles. The molecule has 0 fully saturated rings. The van der Waals surface area contributed by atoms with Crippen molar-refractivity contribution in [3.05, 3.63) is 30.0 Å². The molecule has 14 heavy (non-hydrogen) atoms. The molecule has 72 valence electrons. The number of imidazole rings is 1. The van der Waals surface area contributed by atoms with Gasteiger partial charge in [0, 0.05) is 24.4 Å². The number of carbonyl (C=O) groups excluding carboxylic acids is 1. The summed E-state index contributed by atoms with van der Waals surface area (Å²) in [6, 6.07) is 1.89. The molecule has 0 aromatic carbocycles. The number of nitrogens with zero attached hydrogens (tertiary/aromatic N) is 3. The van der Waals surface area contributed by atoms with Gasteiger partial charge in [-0.15, -0.1) is 0 Å². The van der Waals surface area contributed by atoms with Crippen LogP contribution in [0.1, 0.15) is 18.3 Å². The Hall–Kier alpha value is -1.71. The number of hydrogen-bond donors (Lipinski definition) is 0. The van der Waals surface area contributed by atoms with E-state index >= 15 is 0 Å². The van der Waals surface area contributed by atoms with E-state index in [2.05, 4.69) is 9.97 Å². The average Bonchev–Trinajstić information content (AvgIpc) is 2.44. The quantitative estimate of drug-likeness (QED) is 0.712. The predicted octanol–water partition coefficient (Wildman–Crippen LogP) is 1.17. The maximum Gasteiger partial charge on any atom is 0.140 e. The van der Waals surface area contributed by atoms with E-state index < -0.39 is 0 Å². The number of Topliss-reactive ketones (excluding diaryl/α,β-unsaturated/α-hetero) is 1. The molecule has 0 bridgehead atoms. The van der Waals surface area contributed by atoms with Crippen molar-refractivity contribution in [3.63, 3.8) is 0 Å². The van der Waals surface area contributed by atoms with Crippen molar-refractivity contribution >= 4 is 11.4 Å². The van der Waals surface area contributed by atoms with E-state index in [1.54, 1.807) is 13.3 Å². The lowest BCUT2D eigenvalue weighted by molar-refractivity contribution is -0.116. The van der Waals surface area contributed by atoms with Gasteiger partial charge in [0.15, 0.2) is 0 Å². The van der Waals surface area contributed by atoms with Gasteiger partial charge in [0.05, 0.1) is 5.69 Å². The van der Waals surface area contributed by atoms with Gasteiger partial charge in [0.2, 0.25) is 0 Å². The van der Waals surface area contributed by atoms with Crippen LogP contribution in [0.3, 0.4) is 0 Å². The van der Waals surface area contributed by atoms with Gasteiger partial charge in [-0.3, -0.25) is 9.20 Å². The van der Waals surface area contributed by atoms with Crippen molar-refractivity contribution in [2.75, 3.05) is 0 Å². The number of aryl methyl sites for hydroxylation is 1. The number of aromatic nitrogens is 3. The lowest BCUT2D eigenvalue weighted by Crippen LogP contribution is -1.95. The Morgan fingerprint density at radius 2 is 2.36 bits per heavy atom. The summed E-state index contributed by atoms with van der Waals surface area (Å²) in [5.41, 5.74) is 2.57. The summed E-state index contributed by atoms with van der Waals surface area (Å²) < 4.78 is 1.82. The second-order valence-corrected chi connectivity index (χ2v) is 3.41. The summed E-state index contributed by atoms with van der Waals surface area (Å²) in [5.74, 6) is 0.123. The van der Waals surface area contributed by atoms with Crippen molar-refractivity contribution < 1.29 is 4.79 Å². The molecule has 4 nitrogen and oxygen atoms in total. The van der Waals surface area contributed by atoms with Crippen LogP contribution in [-0.2, 0) is 11.2 Å². The van der Waals surface area contributed by atoms with Crippen LogP contribution in [0.25, 0.3) is 5.65 Å². The Kier molecular flexibility index (Phi) is 2.04. The predicted molar refractivity (Wildman–Crippen MR) is 52.1 cm³/mol. The van der Waals surface area contributed by atoms with Gasteiger partial charge in [-0.1, -0.05) is 0 Å². The fourth-order valence-corrected chi connectivity index (χ4v) is 1.38. The third-order valence-corrected chi connectivity index (χ3v) is 1.96. The molecule has 0 spiro atoms. The van der Waals surface area contributed by atoms with Crippen molar-refractivity contribution in [3.8, 4) is 0 Å². The van der Waals surface area contributed by atoms with E-state index in [4.69, 9.17) is 0 Å². The van der Waals surface area contributed by atoms with Crippen LogP contribution in [0.2, 0.25) is 0 Å². The molecule has 0 saturated carbocycles. The van der Waals surface area contributed by atoms with Crippen molar-refractivity contribution in [2.24, 2.45) is 0 Å². The minimum atomic E-state index is 0.123. The summed E-state index contributed by atoms with van der Waals surface area (Å²) in [5, 5.41) is 0. The molecule has 4 heteroatoms. The van der Waals surface area contributed by atoms with Crippen LogP contribution in [0.4, 0.5) is 0 Å². The van der Waals surface area contributed by atoms with Crippen LogP contribution in [0.15, 0.2) is 18.6 Å². The molecule has 0 atom stereocenters. The van der Waals surface area contributed by atoms with E-state index in [1.165, 1.54) is 0 Å². The van der Waals surface area contributed by atoms with Crippen LogP contribution in [0.5, 0.6) is 0 Å². The van der Waals surface area contributed by atoms with Crippen LogP contribution < -0.4 is 0 Å². The third kappa shape index (κ3) is 1.64. The zero-order valence-corrected chi connectivity index (χ0v) is 8.19. The van der Waals surface area contributed by atoms with Crippen LogP contribution in [0, 0.1) is 6.92 Å². The molecule has 2 aromatic heterocycles. The number of carbonyl (C=O) groups is 1. The Morgan fingerprint density at radius 1 is 1.57 bits per heavy atom. The van der Waals surface area contributed by atoms with Crippen molar-refractivity contribution in [1.29, 1.82) is 0 Å². The molecule has 0 unspecified atom stereocenters. The van der Waals surface area contributed by atoms with Gasteiger partial charge in [-0.2, -0.15) is 0 Å². The summed E-state index contributed by atoms with van der Waals surface area (Å²) in [6.07, 6.45) is 3.94. The van der Waals surface area contributed by atoms with Crippen molar-refractivity contribution in [2.45, 2.75) is 20.3 Å². The van der Waals surface area contributed by atoms with Gasteiger partial charge >= 0.3 is 0 Å². The summed E-state index contributed by atoms with van der Waals surface area (Å²) in [7, 11) is 0. The first-order valence-corrected chi connectivity index (χ1v) is 4.45. The van der Waals surface area contributed by atoms with Crippen LogP contribution in [-0.4, -0.2) is 20.2 Å². The van der Waals surface area contributed by atoms with Crippen molar-refractivity contribution in [1.82, 2.24) is 14.4 Å². The van der Waals surface area contributed by atoms with Gasteiger partial charge in [0.1, 0.15) is 17.8 Å². The molecule has 2 rings (SSSR count). The topological polar surface area (TPSA) is 47.3 Å². The fourth-order valence-electron chi connectivity index (χ4n) is 1.38. The SMILES string of the molecule is CC(=O)Cc1cn2cnc(C)cc2n1. The Balaban J connectivity index is 2.46. The lowest BCUT2D eigenvalue weighted by atomic mass is 10.2. The molecular weight excluding hydrogens is 178 g/mol. The van der Waals surface area contributed by atoms with Gasteiger partial charge in [-0.05, 0) is 13.8 Å². The fraction of sp³-hybridized carbons (Fsp3) is 0.300. The molecule has 2 aromatic rings. The third-order valence-electron chi connectivity index (χ3n) is 1.96. The van der Waals surface area contributed by atoms with E-state index in [1.807, 2.05) is 23.6 Å². The summed E-state index contributed by atoms with van der Waals surface area (Å²) in [4.78, 5) is 19.3. The molecular formula is C10H11N3O. The minimum absolute atomic E-state index is 0.123. The highest BCUT2D eigenvalue weighted by Crippen LogP contribution is 2.06. The Morgan fingerprint density at radius 3 is 3.07 bits per heavy atom. The Bertz CT molecular complexity index is 487. The van der Waals surface area contributed by atoms with E-state index in [0.717, 1.165) is 17.0 Å². The molecule has 2 heterocycles. The van der Waals surface area contributed by atoms with Gasteiger partial charge in [0.25, 0.3) is 0 Å². The maximum absolute atomic E-state index is 10.9. The molecule has 0 radical (unpaired) electrons. The molecule has 0 N–H and O–H groups in total. The highest BCUT2D eigenvalue weighted by atomic mass is 16.1. The standard InChI is InChI=1S/C10H11N3O/c1-7-3-10-12-9(4-8(2)14)5-13(10)6-11-7/h3,5-6H,4H2,1-2H3. The first-order chi connectivity index (χ1) is 6.65. The zero-order valence-electron chi connectivity index (χ0n) is 8.19. The monoisotopic (exact) mass is 189 g/mol. The summed E-state index contributed by atoms with van der Waals surface area (Å²) >= 11 is 0. The van der Waals surface area contributed by atoms with E-state index in [9.17, 15) is 4.79 Å². The van der Waals surface area contributed by atoms with E-state index in [-0.39, 0.29) is 5.78 Å². The average molecular weight is 189 g/mol. The molecule has 0 aliphatic carbocycles. The van der Waals surface area contributed by atoms with Gasteiger partial charge < -0.3 is 0 Å². The smallest absolute Gasteiger partial charge is 0.140 e.